The molecule has 1 fully saturated rings. The van der Waals surface area contributed by atoms with Crippen LogP contribution in [0.1, 0.15) is 29.5 Å². The molecule has 1 aromatic carbocycles. The number of nitrogens with zero attached hydrogens (tertiary/aromatic N) is 2. The maximum absolute atomic E-state index is 12.0. The van der Waals surface area contributed by atoms with Crippen molar-refractivity contribution in [2.24, 2.45) is 0 Å². The van der Waals surface area contributed by atoms with Crippen molar-refractivity contribution in [3.63, 3.8) is 0 Å². The van der Waals surface area contributed by atoms with Gasteiger partial charge in [-0.3, -0.25) is 4.79 Å². The van der Waals surface area contributed by atoms with Gasteiger partial charge in [0, 0.05) is 35.6 Å². The maximum atomic E-state index is 12.0. The van der Waals surface area contributed by atoms with E-state index in [-0.39, 0.29) is 5.91 Å². The number of aromatic nitrogens is 2. The van der Waals surface area contributed by atoms with E-state index in [4.69, 9.17) is 6.42 Å². The summed E-state index contributed by atoms with van der Waals surface area (Å²) in [6.07, 6.45) is 14.3. The lowest BCUT2D eigenvalue weighted by molar-refractivity contribution is -0.118. The van der Waals surface area contributed by atoms with Gasteiger partial charge in [0.1, 0.15) is 6.33 Å². The topological polar surface area (TPSA) is 54.9 Å². The number of carbonyl (C=O) groups excluding carboxylic acids is 1. The third kappa shape index (κ3) is 3.14. The van der Waals surface area contributed by atoms with Crippen LogP contribution in [0.4, 0.5) is 0 Å². The fourth-order valence-corrected chi connectivity index (χ4v) is 2.74. The van der Waals surface area contributed by atoms with E-state index in [1.165, 1.54) is 6.33 Å². The summed E-state index contributed by atoms with van der Waals surface area (Å²) in [6.45, 7) is 2.77. The molecule has 0 bridgehead atoms. The number of nitrogens with one attached hydrogen (secondary N) is 1. The SMILES string of the molecule is C#Cc1cc(/C=C2\CCCNC2=O)c(C)c(-c2cncnc2)c1. The van der Waals surface area contributed by atoms with Crippen LogP contribution in [0.5, 0.6) is 0 Å². The molecule has 0 spiro atoms. The van der Waals surface area contributed by atoms with E-state index in [0.29, 0.717) is 0 Å². The molecule has 0 unspecified atom stereocenters. The highest BCUT2D eigenvalue weighted by atomic mass is 16.1. The second-order valence-electron chi connectivity index (χ2n) is 5.54. The van der Waals surface area contributed by atoms with E-state index in [1.807, 2.05) is 25.1 Å². The van der Waals surface area contributed by atoms with E-state index in [0.717, 1.165) is 52.8 Å². The Labute approximate surface area is 135 Å². The fourth-order valence-electron chi connectivity index (χ4n) is 2.74. The molecule has 4 nitrogen and oxygen atoms in total. The molecule has 0 aliphatic carbocycles. The van der Waals surface area contributed by atoms with Crippen molar-refractivity contribution < 1.29 is 4.79 Å². The summed E-state index contributed by atoms with van der Waals surface area (Å²) in [5.74, 6) is 2.69. The molecule has 1 amide bonds. The molecule has 2 aromatic rings. The Hall–Kier alpha value is -2.93. The van der Waals surface area contributed by atoms with Crippen molar-refractivity contribution in [3.05, 3.63) is 53.1 Å². The predicted octanol–water partition coefficient (Wildman–Crippen LogP) is 2.73. The molecule has 1 aliphatic heterocycles. The minimum atomic E-state index is 0.00588. The van der Waals surface area contributed by atoms with E-state index < -0.39 is 0 Å². The number of carbonyl (C=O) groups is 1. The normalized spacial score (nSPS) is 16.0. The molecule has 1 N–H and O–H groups in total. The summed E-state index contributed by atoms with van der Waals surface area (Å²) in [6, 6.07) is 3.90. The number of hydrogen-bond acceptors (Lipinski definition) is 3. The standard InChI is InChI=1S/C19H17N3O/c1-3-14-7-16(9-15-5-4-6-22-19(15)23)13(2)18(8-14)17-10-20-12-21-11-17/h1,7-12H,4-6H2,2H3,(H,22,23)/b15-9+. The van der Waals surface area contributed by atoms with E-state index >= 15 is 0 Å². The van der Waals surface area contributed by atoms with Gasteiger partial charge >= 0.3 is 0 Å². The molecule has 4 heteroatoms. The first kappa shape index (κ1) is 15.0. The molecular formula is C19H17N3O. The minimum absolute atomic E-state index is 0.00588. The van der Waals surface area contributed by atoms with Gasteiger partial charge in [-0.1, -0.05) is 5.92 Å². The largest absolute Gasteiger partial charge is 0.352 e. The van der Waals surface area contributed by atoms with Crippen molar-refractivity contribution in [1.82, 2.24) is 15.3 Å². The lowest BCUT2D eigenvalue weighted by atomic mass is 9.93. The molecule has 0 radical (unpaired) electrons. The molecule has 3 rings (SSSR count). The van der Waals surface area contributed by atoms with Gasteiger partial charge < -0.3 is 5.32 Å². The maximum Gasteiger partial charge on any atom is 0.247 e. The highest BCUT2D eigenvalue weighted by Crippen LogP contribution is 2.28. The Bertz CT molecular complexity index is 816. The number of amides is 1. The molecule has 1 saturated heterocycles. The summed E-state index contributed by atoms with van der Waals surface area (Å²) >= 11 is 0. The summed E-state index contributed by atoms with van der Waals surface area (Å²) in [7, 11) is 0. The van der Waals surface area contributed by atoms with Crippen LogP contribution < -0.4 is 5.32 Å². The average Bonchev–Trinajstić information content (AvgIpc) is 2.59. The van der Waals surface area contributed by atoms with Crippen molar-refractivity contribution in [2.75, 3.05) is 6.54 Å². The number of benzene rings is 1. The lowest BCUT2D eigenvalue weighted by Gasteiger charge is -2.16. The highest BCUT2D eigenvalue weighted by Gasteiger charge is 2.15. The van der Waals surface area contributed by atoms with Gasteiger partial charge in [-0.05, 0) is 54.7 Å². The van der Waals surface area contributed by atoms with Gasteiger partial charge in [-0.15, -0.1) is 6.42 Å². The summed E-state index contributed by atoms with van der Waals surface area (Å²) in [4.78, 5) is 20.1. The third-order valence-corrected chi connectivity index (χ3v) is 4.02. The molecule has 2 heterocycles. The Morgan fingerprint density at radius 3 is 2.78 bits per heavy atom. The molecule has 1 aromatic heterocycles. The van der Waals surface area contributed by atoms with Crippen LogP contribution in [-0.4, -0.2) is 22.4 Å². The smallest absolute Gasteiger partial charge is 0.247 e. The van der Waals surface area contributed by atoms with Gasteiger partial charge in [0.15, 0.2) is 0 Å². The zero-order valence-corrected chi connectivity index (χ0v) is 13.0. The van der Waals surface area contributed by atoms with Crippen LogP contribution in [0.3, 0.4) is 0 Å². The zero-order chi connectivity index (χ0) is 16.2. The summed E-state index contributed by atoms with van der Waals surface area (Å²) < 4.78 is 0. The van der Waals surface area contributed by atoms with E-state index in [9.17, 15) is 4.79 Å². The van der Waals surface area contributed by atoms with E-state index in [2.05, 4.69) is 21.2 Å². The van der Waals surface area contributed by atoms with E-state index in [1.54, 1.807) is 12.4 Å². The predicted molar refractivity (Wildman–Crippen MR) is 90.4 cm³/mol. The molecule has 114 valence electrons. The Morgan fingerprint density at radius 2 is 2.09 bits per heavy atom. The highest BCUT2D eigenvalue weighted by molar-refractivity contribution is 5.99. The van der Waals surface area contributed by atoms with Gasteiger partial charge in [0.05, 0.1) is 0 Å². The van der Waals surface area contributed by atoms with Gasteiger partial charge in [0.25, 0.3) is 0 Å². The quantitative estimate of drug-likeness (QED) is 0.685. The Balaban J connectivity index is 2.12. The molecular weight excluding hydrogens is 286 g/mol. The number of terminal acetylenes is 1. The fraction of sp³-hybridized carbons (Fsp3) is 0.211. The van der Waals surface area contributed by atoms with Crippen LogP contribution in [0.15, 0.2) is 36.4 Å². The van der Waals surface area contributed by atoms with Crippen molar-refractivity contribution >= 4 is 12.0 Å². The number of hydrogen-bond donors (Lipinski definition) is 1. The van der Waals surface area contributed by atoms with Crippen LogP contribution >= 0.6 is 0 Å². The lowest BCUT2D eigenvalue weighted by Crippen LogP contribution is -2.30. The van der Waals surface area contributed by atoms with Crippen molar-refractivity contribution in [1.29, 1.82) is 0 Å². The minimum Gasteiger partial charge on any atom is -0.352 e. The van der Waals surface area contributed by atoms with Gasteiger partial charge in [-0.2, -0.15) is 0 Å². The first-order valence-electron chi connectivity index (χ1n) is 7.54. The van der Waals surface area contributed by atoms with Crippen LogP contribution in [0.25, 0.3) is 17.2 Å². The Kier molecular flexibility index (Phi) is 4.20. The molecule has 0 atom stereocenters. The van der Waals surface area contributed by atoms with Crippen molar-refractivity contribution in [2.45, 2.75) is 19.8 Å². The first-order chi connectivity index (χ1) is 11.2. The third-order valence-electron chi connectivity index (χ3n) is 4.02. The first-order valence-corrected chi connectivity index (χ1v) is 7.54. The number of rotatable bonds is 2. The molecule has 1 aliphatic rings. The van der Waals surface area contributed by atoms with Crippen LogP contribution in [0.2, 0.25) is 0 Å². The molecule has 23 heavy (non-hydrogen) atoms. The second kappa shape index (κ2) is 6.45. The van der Waals surface area contributed by atoms with Gasteiger partial charge in [-0.25, -0.2) is 9.97 Å². The Morgan fingerprint density at radius 1 is 1.30 bits per heavy atom. The summed E-state index contributed by atoms with van der Waals surface area (Å²) in [5, 5.41) is 2.88. The van der Waals surface area contributed by atoms with Crippen LogP contribution in [0, 0.1) is 19.3 Å². The average molecular weight is 303 g/mol. The monoisotopic (exact) mass is 303 g/mol. The molecule has 0 saturated carbocycles. The summed E-state index contributed by atoms with van der Waals surface area (Å²) in [5.41, 5.74) is 5.50. The number of piperidine rings is 1. The van der Waals surface area contributed by atoms with Crippen LogP contribution in [-0.2, 0) is 4.79 Å². The van der Waals surface area contributed by atoms with Crippen molar-refractivity contribution in [3.8, 4) is 23.5 Å². The zero-order valence-electron chi connectivity index (χ0n) is 13.0. The van der Waals surface area contributed by atoms with Gasteiger partial charge in [0.2, 0.25) is 5.91 Å². The second-order valence-corrected chi connectivity index (χ2v) is 5.54.